The Labute approximate surface area is 128 Å². The lowest BCUT2D eigenvalue weighted by molar-refractivity contribution is 0.481. The second-order valence-electron chi connectivity index (χ2n) is 4.86. The van der Waals surface area contributed by atoms with Crippen molar-refractivity contribution in [2.75, 3.05) is 0 Å². The third kappa shape index (κ3) is 2.51. The van der Waals surface area contributed by atoms with Crippen LogP contribution in [0.2, 0.25) is 5.02 Å². The molecule has 0 aliphatic heterocycles. The van der Waals surface area contributed by atoms with Crippen LogP contribution in [0.4, 0.5) is 0 Å². The van der Waals surface area contributed by atoms with Crippen LogP contribution in [-0.4, -0.2) is 4.99 Å². The molecule has 4 heteroatoms. The van der Waals surface area contributed by atoms with Gasteiger partial charge in [0, 0.05) is 0 Å². The number of thiocarbonyl (C=S) groups is 1. The van der Waals surface area contributed by atoms with Gasteiger partial charge in [-0.2, -0.15) is 0 Å². The van der Waals surface area contributed by atoms with Crippen LogP contribution in [0.1, 0.15) is 23.1 Å². The highest BCUT2D eigenvalue weighted by molar-refractivity contribution is 7.80. The molecule has 0 unspecified atom stereocenters. The van der Waals surface area contributed by atoms with E-state index in [2.05, 4.69) is 12.1 Å². The molecule has 2 N–H and O–H groups in total. The van der Waals surface area contributed by atoms with Gasteiger partial charge < -0.3 is 10.5 Å². The Hall–Kier alpha value is -1.58. The van der Waals surface area contributed by atoms with Gasteiger partial charge in [0.2, 0.25) is 0 Å². The molecule has 0 radical (unpaired) electrons. The molecular weight excluding hydrogens is 290 g/mol. The molecule has 0 aromatic heterocycles. The molecule has 2 aromatic carbocycles. The summed E-state index contributed by atoms with van der Waals surface area (Å²) in [5.41, 5.74) is 9.09. The lowest BCUT2D eigenvalue weighted by Crippen LogP contribution is -2.11. The highest BCUT2D eigenvalue weighted by Gasteiger charge is 2.14. The summed E-state index contributed by atoms with van der Waals surface area (Å²) in [6.45, 7) is 0. The molecule has 0 amide bonds. The van der Waals surface area contributed by atoms with E-state index in [0.717, 1.165) is 18.6 Å². The summed E-state index contributed by atoms with van der Waals surface area (Å²) in [5, 5.41) is 0.510. The summed E-state index contributed by atoms with van der Waals surface area (Å²) in [6, 6.07) is 11.6. The largest absolute Gasteiger partial charge is 0.457 e. The predicted molar refractivity (Wildman–Crippen MR) is 85.9 cm³/mol. The number of aryl methyl sites for hydroxylation is 2. The molecule has 2 nitrogen and oxygen atoms in total. The minimum atomic E-state index is 0.242. The van der Waals surface area contributed by atoms with Gasteiger partial charge in [0.1, 0.15) is 16.5 Å². The Kier molecular flexibility index (Phi) is 3.64. The first-order valence-corrected chi connectivity index (χ1v) is 7.32. The lowest BCUT2D eigenvalue weighted by Gasteiger charge is -2.12. The fourth-order valence-corrected chi connectivity index (χ4v) is 3.10. The zero-order chi connectivity index (χ0) is 14.1. The third-order valence-corrected chi connectivity index (χ3v) is 4.04. The minimum absolute atomic E-state index is 0.242. The number of hydrogen-bond donors (Lipinski definition) is 1. The van der Waals surface area contributed by atoms with Crippen molar-refractivity contribution in [3.05, 3.63) is 58.1 Å². The number of fused-ring (bicyclic) bond motifs is 1. The standard InChI is InChI=1S/C16H14ClNOS/c17-13-5-2-6-14(15(13)16(18)20)19-12-8-7-10-3-1-4-11(10)9-12/h2,5-9H,1,3-4H2,(H2,18,20). The van der Waals surface area contributed by atoms with E-state index in [9.17, 15) is 0 Å². The first-order chi connectivity index (χ1) is 9.65. The van der Waals surface area contributed by atoms with Gasteiger partial charge in [0.05, 0.1) is 10.6 Å². The number of nitrogens with two attached hydrogens (primary N) is 1. The molecule has 0 heterocycles. The molecule has 0 spiro atoms. The lowest BCUT2D eigenvalue weighted by atomic mass is 10.1. The van der Waals surface area contributed by atoms with Crippen LogP contribution in [-0.2, 0) is 12.8 Å². The van der Waals surface area contributed by atoms with Gasteiger partial charge >= 0.3 is 0 Å². The van der Waals surface area contributed by atoms with E-state index in [4.69, 9.17) is 34.3 Å². The molecule has 1 aliphatic carbocycles. The zero-order valence-corrected chi connectivity index (χ0v) is 12.4. The molecule has 0 bridgehead atoms. The Balaban J connectivity index is 1.95. The van der Waals surface area contributed by atoms with Crippen LogP contribution in [0.15, 0.2) is 36.4 Å². The molecule has 3 rings (SSSR count). The number of halogens is 1. The first-order valence-electron chi connectivity index (χ1n) is 6.53. The van der Waals surface area contributed by atoms with E-state index in [1.165, 1.54) is 17.5 Å². The highest BCUT2D eigenvalue weighted by atomic mass is 35.5. The van der Waals surface area contributed by atoms with Crippen molar-refractivity contribution in [2.45, 2.75) is 19.3 Å². The molecule has 102 valence electrons. The second-order valence-corrected chi connectivity index (χ2v) is 5.71. The van der Waals surface area contributed by atoms with E-state index in [0.29, 0.717) is 16.3 Å². The van der Waals surface area contributed by atoms with Crippen molar-refractivity contribution in [2.24, 2.45) is 5.73 Å². The van der Waals surface area contributed by atoms with Gasteiger partial charge in [-0.3, -0.25) is 0 Å². The summed E-state index contributed by atoms with van der Waals surface area (Å²) < 4.78 is 5.92. The maximum absolute atomic E-state index is 6.14. The molecule has 0 saturated carbocycles. The van der Waals surface area contributed by atoms with Gasteiger partial charge in [-0.1, -0.05) is 36.0 Å². The third-order valence-electron chi connectivity index (χ3n) is 3.52. The maximum Gasteiger partial charge on any atom is 0.139 e. The summed E-state index contributed by atoms with van der Waals surface area (Å²) in [5.74, 6) is 1.40. The molecule has 20 heavy (non-hydrogen) atoms. The van der Waals surface area contributed by atoms with Gasteiger partial charge in [-0.05, 0) is 54.7 Å². The van der Waals surface area contributed by atoms with Crippen molar-refractivity contribution < 1.29 is 4.74 Å². The smallest absolute Gasteiger partial charge is 0.139 e. The maximum atomic E-state index is 6.14. The normalized spacial score (nSPS) is 13.1. The van der Waals surface area contributed by atoms with E-state index in [1.807, 2.05) is 18.2 Å². The van der Waals surface area contributed by atoms with Crippen molar-refractivity contribution in [1.82, 2.24) is 0 Å². The first kappa shape index (κ1) is 13.4. The van der Waals surface area contributed by atoms with E-state index in [-0.39, 0.29) is 4.99 Å². The van der Waals surface area contributed by atoms with E-state index >= 15 is 0 Å². The number of hydrogen-bond acceptors (Lipinski definition) is 2. The van der Waals surface area contributed by atoms with Crippen LogP contribution in [0.5, 0.6) is 11.5 Å². The Morgan fingerprint density at radius 1 is 1.15 bits per heavy atom. The van der Waals surface area contributed by atoms with E-state index < -0.39 is 0 Å². The van der Waals surface area contributed by atoms with Gasteiger partial charge in [-0.15, -0.1) is 0 Å². The monoisotopic (exact) mass is 303 g/mol. The number of ether oxygens (including phenoxy) is 1. The van der Waals surface area contributed by atoms with Crippen molar-refractivity contribution >= 4 is 28.8 Å². The van der Waals surface area contributed by atoms with Crippen LogP contribution in [0.3, 0.4) is 0 Å². The second kappa shape index (κ2) is 5.43. The fraction of sp³-hybridized carbons (Fsp3) is 0.188. The van der Waals surface area contributed by atoms with Crippen LogP contribution in [0.25, 0.3) is 0 Å². The van der Waals surface area contributed by atoms with Crippen molar-refractivity contribution in [1.29, 1.82) is 0 Å². The molecule has 2 aromatic rings. The van der Waals surface area contributed by atoms with E-state index in [1.54, 1.807) is 6.07 Å². The SMILES string of the molecule is NC(=S)c1c(Cl)cccc1Oc1ccc2c(c1)CCC2. The van der Waals surface area contributed by atoms with Crippen LogP contribution >= 0.6 is 23.8 Å². The molecular formula is C16H14ClNOS. The number of benzene rings is 2. The predicted octanol–water partition coefficient (Wildman–Crippen LogP) is 4.26. The molecule has 0 saturated heterocycles. The zero-order valence-electron chi connectivity index (χ0n) is 10.9. The molecule has 1 aliphatic rings. The van der Waals surface area contributed by atoms with Crippen molar-refractivity contribution in [3.63, 3.8) is 0 Å². The average molecular weight is 304 g/mol. The molecule has 0 fully saturated rings. The summed E-state index contributed by atoms with van der Waals surface area (Å²) in [4.78, 5) is 0.242. The Bertz CT molecular complexity index is 684. The van der Waals surface area contributed by atoms with Gasteiger partial charge in [0.25, 0.3) is 0 Å². The Morgan fingerprint density at radius 2 is 1.95 bits per heavy atom. The highest BCUT2D eigenvalue weighted by Crippen LogP contribution is 2.32. The average Bonchev–Trinajstić information content (AvgIpc) is 2.85. The van der Waals surface area contributed by atoms with Gasteiger partial charge in [0.15, 0.2) is 0 Å². The quantitative estimate of drug-likeness (QED) is 0.861. The van der Waals surface area contributed by atoms with Crippen molar-refractivity contribution in [3.8, 4) is 11.5 Å². The Morgan fingerprint density at radius 3 is 2.75 bits per heavy atom. The summed E-state index contributed by atoms with van der Waals surface area (Å²) in [6.07, 6.45) is 3.49. The fourth-order valence-electron chi connectivity index (χ4n) is 2.57. The van der Waals surface area contributed by atoms with Gasteiger partial charge in [-0.25, -0.2) is 0 Å². The summed E-state index contributed by atoms with van der Waals surface area (Å²) >= 11 is 11.2. The van der Waals surface area contributed by atoms with Crippen LogP contribution < -0.4 is 10.5 Å². The summed E-state index contributed by atoms with van der Waals surface area (Å²) in [7, 11) is 0. The minimum Gasteiger partial charge on any atom is -0.457 e. The van der Waals surface area contributed by atoms with Crippen LogP contribution in [0, 0.1) is 0 Å². The number of rotatable bonds is 3. The topological polar surface area (TPSA) is 35.2 Å². The molecule has 0 atom stereocenters.